The molecule has 0 aliphatic heterocycles. The van der Waals surface area contributed by atoms with Gasteiger partial charge in [0, 0.05) is 12.0 Å². The zero-order valence-electron chi connectivity index (χ0n) is 10.0. The summed E-state index contributed by atoms with van der Waals surface area (Å²) in [6, 6.07) is 4.55. The summed E-state index contributed by atoms with van der Waals surface area (Å²) in [5.41, 5.74) is 0.700. The van der Waals surface area contributed by atoms with Crippen LogP contribution in [-0.4, -0.2) is 18.3 Å². The molecule has 0 bridgehead atoms. The Hall–Kier alpha value is -1.53. The SMILES string of the molecule is CCCCOc1cc(C#CCCO)ccc1F. The van der Waals surface area contributed by atoms with Gasteiger partial charge in [0.2, 0.25) is 0 Å². The Labute approximate surface area is 101 Å². The lowest BCUT2D eigenvalue weighted by Crippen LogP contribution is -1.98. The van der Waals surface area contributed by atoms with E-state index in [9.17, 15) is 4.39 Å². The van der Waals surface area contributed by atoms with Gasteiger partial charge in [-0.1, -0.05) is 25.2 Å². The lowest BCUT2D eigenvalue weighted by atomic mass is 10.2. The summed E-state index contributed by atoms with van der Waals surface area (Å²) in [5, 5.41) is 8.60. The van der Waals surface area contributed by atoms with E-state index in [0.29, 0.717) is 18.6 Å². The Morgan fingerprint density at radius 3 is 2.94 bits per heavy atom. The van der Waals surface area contributed by atoms with E-state index < -0.39 is 0 Å². The van der Waals surface area contributed by atoms with Crippen LogP contribution in [0.3, 0.4) is 0 Å². The van der Waals surface area contributed by atoms with Crippen molar-refractivity contribution in [1.29, 1.82) is 0 Å². The first-order valence-electron chi connectivity index (χ1n) is 5.80. The Bertz CT molecular complexity index is 404. The maximum absolute atomic E-state index is 13.4. The summed E-state index contributed by atoms with van der Waals surface area (Å²) < 4.78 is 18.7. The minimum atomic E-state index is -0.367. The third kappa shape index (κ3) is 4.88. The second-order valence-electron chi connectivity index (χ2n) is 3.62. The molecule has 1 rings (SSSR count). The summed E-state index contributed by atoms with van der Waals surface area (Å²) in [5.74, 6) is 5.51. The monoisotopic (exact) mass is 236 g/mol. The number of benzene rings is 1. The number of ether oxygens (including phenoxy) is 1. The molecule has 0 spiro atoms. The highest BCUT2D eigenvalue weighted by Crippen LogP contribution is 2.18. The molecule has 0 aromatic heterocycles. The lowest BCUT2D eigenvalue weighted by molar-refractivity contribution is 0.294. The Morgan fingerprint density at radius 2 is 2.24 bits per heavy atom. The zero-order chi connectivity index (χ0) is 12.5. The van der Waals surface area contributed by atoms with Gasteiger partial charge in [-0.05, 0) is 24.6 Å². The van der Waals surface area contributed by atoms with Gasteiger partial charge in [0.05, 0.1) is 13.2 Å². The molecular formula is C14H17FO2. The van der Waals surface area contributed by atoms with E-state index in [4.69, 9.17) is 9.84 Å². The highest BCUT2D eigenvalue weighted by atomic mass is 19.1. The van der Waals surface area contributed by atoms with Crippen LogP contribution >= 0.6 is 0 Å². The number of hydrogen-bond donors (Lipinski definition) is 1. The highest BCUT2D eigenvalue weighted by molar-refractivity contribution is 5.40. The molecule has 0 saturated carbocycles. The molecular weight excluding hydrogens is 219 g/mol. The smallest absolute Gasteiger partial charge is 0.165 e. The third-order valence-corrected chi connectivity index (χ3v) is 2.16. The molecule has 0 aliphatic rings. The van der Waals surface area contributed by atoms with Crippen LogP contribution in [0.2, 0.25) is 0 Å². The molecule has 3 heteroatoms. The van der Waals surface area contributed by atoms with E-state index in [1.807, 2.05) is 0 Å². The van der Waals surface area contributed by atoms with E-state index in [-0.39, 0.29) is 18.2 Å². The molecule has 1 aromatic carbocycles. The van der Waals surface area contributed by atoms with E-state index in [2.05, 4.69) is 18.8 Å². The molecule has 2 nitrogen and oxygen atoms in total. The largest absolute Gasteiger partial charge is 0.490 e. The standard InChI is InChI=1S/C14H17FO2/c1-2-3-10-17-14-11-12(6-4-5-9-16)7-8-13(14)15/h7-8,11,16H,2-3,5,9-10H2,1H3. The van der Waals surface area contributed by atoms with Gasteiger partial charge in [0.25, 0.3) is 0 Å². The van der Waals surface area contributed by atoms with Crippen molar-refractivity contribution in [1.82, 2.24) is 0 Å². The van der Waals surface area contributed by atoms with Crippen molar-refractivity contribution in [2.24, 2.45) is 0 Å². The van der Waals surface area contributed by atoms with E-state index in [1.54, 1.807) is 12.1 Å². The molecule has 0 radical (unpaired) electrons. The minimum Gasteiger partial charge on any atom is -0.490 e. The Morgan fingerprint density at radius 1 is 1.41 bits per heavy atom. The van der Waals surface area contributed by atoms with Crippen LogP contribution in [0, 0.1) is 17.7 Å². The van der Waals surface area contributed by atoms with Crippen LogP contribution in [0.25, 0.3) is 0 Å². The van der Waals surface area contributed by atoms with Gasteiger partial charge in [-0.3, -0.25) is 0 Å². The topological polar surface area (TPSA) is 29.5 Å². The van der Waals surface area contributed by atoms with Gasteiger partial charge in [0.1, 0.15) is 0 Å². The van der Waals surface area contributed by atoms with E-state index in [1.165, 1.54) is 6.07 Å². The second kappa shape index (κ2) is 7.70. The number of aliphatic hydroxyl groups excluding tert-OH is 1. The van der Waals surface area contributed by atoms with Crippen LogP contribution in [-0.2, 0) is 0 Å². The molecule has 0 saturated heterocycles. The van der Waals surface area contributed by atoms with Crippen LogP contribution in [0.5, 0.6) is 5.75 Å². The lowest BCUT2D eigenvalue weighted by Gasteiger charge is -2.06. The van der Waals surface area contributed by atoms with Crippen molar-refractivity contribution in [2.45, 2.75) is 26.2 Å². The first kappa shape index (κ1) is 13.5. The molecule has 1 aromatic rings. The molecule has 0 unspecified atom stereocenters. The molecule has 0 aliphatic carbocycles. The predicted octanol–water partition coefficient (Wildman–Crippen LogP) is 2.74. The summed E-state index contributed by atoms with van der Waals surface area (Å²) in [4.78, 5) is 0. The fourth-order valence-corrected chi connectivity index (χ4v) is 1.24. The normalized spacial score (nSPS) is 9.59. The second-order valence-corrected chi connectivity index (χ2v) is 3.62. The number of aliphatic hydroxyl groups is 1. The van der Waals surface area contributed by atoms with E-state index >= 15 is 0 Å². The van der Waals surface area contributed by atoms with Crippen molar-refractivity contribution >= 4 is 0 Å². The summed E-state index contributed by atoms with van der Waals surface area (Å²) in [6.07, 6.45) is 2.33. The zero-order valence-corrected chi connectivity index (χ0v) is 10.0. The van der Waals surface area contributed by atoms with Crippen molar-refractivity contribution in [3.05, 3.63) is 29.6 Å². The summed E-state index contributed by atoms with van der Waals surface area (Å²) >= 11 is 0. The quantitative estimate of drug-likeness (QED) is 0.629. The first-order valence-corrected chi connectivity index (χ1v) is 5.80. The van der Waals surface area contributed by atoms with Crippen molar-refractivity contribution in [2.75, 3.05) is 13.2 Å². The fourth-order valence-electron chi connectivity index (χ4n) is 1.24. The van der Waals surface area contributed by atoms with Gasteiger partial charge in [-0.15, -0.1) is 0 Å². The fraction of sp³-hybridized carbons (Fsp3) is 0.429. The average molecular weight is 236 g/mol. The first-order chi connectivity index (χ1) is 8.27. The van der Waals surface area contributed by atoms with Gasteiger partial charge >= 0.3 is 0 Å². The highest BCUT2D eigenvalue weighted by Gasteiger charge is 2.03. The number of rotatable bonds is 5. The van der Waals surface area contributed by atoms with Crippen molar-refractivity contribution in [3.63, 3.8) is 0 Å². The van der Waals surface area contributed by atoms with Crippen LogP contribution in [0.1, 0.15) is 31.7 Å². The number of halogens is 1. The van der Waals surface area contributed by atoms with Crippen LogP contribution < -0.4 is 4.74 Å². The Balaban J connectivity index is 2.69. The summed E-state index contributed by atoms with van der Waals surface area (Å²) in [7, 11) is 0. The predicted molar refractivity (Wildman–Crippen MR) is 65.4 cm³/mol. The number of unbranched alkanes of at least 4 members (excludes halogenated alkanes) is 1. The maximum atomic E-state index is 13.4. The van der Waals surface area contributed by atoms with Gasteiger partial charge in [-0.25, -0.2) is 4.39 Å². The Kier molecular flexibility index (Phi) is 6.13. The van der Waals surface area contributed by atoms with Crippen molar-refractivity contribution in [3.8, 4) is 17.6 Å². The van der Waals surface area contributed by atoms with Gasteiger partial charge in [0.15, 0.2) is 11.6 Å². The van der Waals surface area contributed by atoms with E-state index in [0.717, 1.165) is 12.8 Å². The van der Waals surface area contributed by atoms with Crippen LogP contribution in [0.15, 0.2) is 18.2 Å². The minimum absolute atomic E-state index is 0.0358. The molecule has 0 amide bonds. The third-order valence-electron chi connectivity index (χ3n) is 2.16. The molecule has 92 valence electrons. The van der Waals surface area contributed by atoms with Gasteiger partial charge < -0.3 is 9.84 Å². The van der Waals surface area contributed by atoms with Gasteiger partial charge in [-0.2, -0.15) is 0 Å². The molecule has 17 heavy (non-hydrogen) atoms. The average Bonchev–Trinajstić information content (AvgIpc) is 2.33. The molecule has 0 heterocycles. The number of hydrogen-bond acceptors (Lipinski definition) is 2. The maximum Gasteiger partial charge on any atom is 0.165 e. The van der Waals surface area contributed by atoms with Crippen LogP contribution in [0.4, 0.5) is 4.39 Å². The van der Waals surface area contributed by atoms with Crippen molar-refractivity contribution < 1.29 is 14.2 Å². The molecule has 0 fully saturated rings. The molecule has 0 atom stereocenters. The molecule has 1 N–H and O–H groups in total. The summed E-state index contributed by atoms with van der Waals surface area (Å²) in [6.45, 7) is 2.60.